The van der Waals surface area contributed by atoms with Crippen molar-refractivity contribution in [3.05, 3.63) is 0 Å². The summed E-state index contributed by atoms with van der Waals surface area (Å²) in [6.45, 7) is 4.63. The van der Waals surface area contributed by atoms with Gasteiger partial charge in [0.1, 0.15) is 0 Å². The molecule has 0 aliphatic rings. The van der Waals surface area contributed by atoms with Crippen LogP contribution >= 0.6 is 0 Å². The van der Waals surface area contributed by atoms with Crippen LogP contribution in [0.1, 0.15) is 20.8 Å². The first-order valence-electron chi connectivity index (χ1n) is 2.66. The van der Waals surface area contributed by atoms with Gasteiger partial charge in [0.2, 0.25) is 0 Å². The van der Waals surface area contributed by atoms with Crippen LogP contribution in [0.15, 0.2) is 0 Å². The first-order chi connectivity index (χ1) is 3.50. The first kappa shape index (κ1) is 7.60. The highest BCUT2D eigenvalue weighted by atomic mass is 19.1. The molecule has 8 heavy (non-hydrogen) atoms. The van der Waals surface area contributed by atoms with Gasteiger partial charge in [0.05, 0.1) is 0 Å². The van der Waals surface area contributed by atoms with E-state index in [9.17, 15) is 9.18 Å². The minimum atomic E-state index is -1.64. The predicted octanol–water partition coefficient (Wildman–Crippen LogP) is 1.57. The summed E-state index contributed by atoms with van der Waals surface area (Å²) in [5.74, 6) is -0.222. The summed E-state index contributed by atoms with van der Waals surface area (Å²) in [6, 6.07) is 0. The standard InChI is InChI=1S/C6H11FO/c1-5(2)6(3,7)4-8/h4-5H,1-3H3. The molecule has 0 N–H and O–H groups in total. The van der Waals surface area contributed by atoms with E-state index in [1.165, 1.54) is 6.92 Å². The third-order valence-electron chi connectivity index (χ3n) is 1.36. The van der Waals surface area contributed by atoms with Gasteiger partial charge in [0.15, 0.2) is 12.0 Å². The molecule has 0 radical (unpaired) electrons. The first-order valence-corrected chi connectivity index (χ1v) is 2.66. The van der Waals surface area contributed by atoms with E-state index in [0.717, 1.165) is 0 Å². The summed E-state index contributed by atoms with van der Waals surface area (Å²) in [6.07, 6.45) is 0.345. The molecule has 0 spiro atoms. The third-order valence-corrected chi connectivity index (χ3v) is 1.36. The smallest absolute Gasteiger partial charge is 0.165 e. The van der Waals surface area contributed by atoms with Crippen LogP contribution in [-0.4, -0.2) is 12.0 Å². The average Bonchev–Trinajstić information content (AvgIpc) is 1.67. The fourth-order valence-corrected chi connectivity index (χ4v) is 0.136. The second-order valence-electron chi connectivity index (χ2n) is 2.42. The number of carbonyl (C=O) groups excluding carboxylic acids is 1. The largest absolute Gasteiger partial charge is 0.300 e. The lowest BCUT2D eigenvalue weighted by atomic mass is 9.97. The van der Waals surface area contributed by atoms with Gasteiger partial charge >= 0.3 is 0 Å². The Morgan fingerprint density at radius 3 is 2.00 bits per heavy atom. The molecule has 0 fully saturated rings. The van der Waals surface area contributed by atoms with Gasteiger partial charge in [-0.3, -0.25) is 4.79 Å². The lowest BCUT2D eigenvalue weighted by molar-refractivity contribution is -0.119. The summed E-state index contributed by atoms with van der Waals surface area (Å²) in [4.78, 5) is 9.89. The Morgan fingerprint density at radius 2 is 2.00 bits per heavy atom. The highest BCUT2D eigenvalue weighted by Crippen LogP contribution is 2.17. The molecule has 0 heterocycles. The second-order valence-corrected chi connectivity index (χ2v) is 2.42. The van der Waals surface area contributed by atoms with Gasteiger partial charge < -0.3 is 0 Å². The Kier molecular flexibility index (Phi) is 2.13. The van der Waals surface area contributed by atoms with Gasteiger partial charge in [-0.1, -0.05) is 13.8 Å². The number of hydrogen-bond donors (Lipinski definition) is 0. The van der Waals surface area contributed by atoms with Crippen molar-refractivity contribution in [1.29, 1.82) is 0 Å². The number of alkyl halides is 1. The molecule has 0 aromatic heterocycles. The van der Waals surface area contributed by atoms with Crippen molar-refractivity contribution in [1.82, 2.24) is 0 Å². The van der Waals surface area contributed by atoms with E-state index in [0.29, 0.717) is 6.29 Å². The van der Waals surface area contributed by atoms with E-state index in [1.807, 2.05) is 0 Å². The SMILES string of the molecule is CC(C)C(C)(F)C=O. The minimum Gasteiger partial charge on any atom is -0.300 e. The van der Waals surface area contributed by atoms with Crippen molar-refractivity contribution >= 4 is 6.29 Å². The Balaban J connectivity index is 3.90. The molecule has 0 saturated carbocycles. The number of aldehydes is 1. The average molecular weight is 118 g/mol. The topological polar surface area (TPSA) is 17.1 Å². The van der Waals surface area contributed by atoms with Gasteiger partial charge in [-0.15, -0.1) is 0 Å². The molecule has 1 atom stereocenters. The van der Waals surface area contributed by atoms with Crippen molar-refractivity contribution in [3.63, 3.8) is 0 Å². The van der Waals surface area contributed by atoms with Crippen molar-refractivity contribution < 1.29 is 9.18 Å². The lowest BCUT2D eigenvalue weighted by Crippen LogP contribution is -2.26. The van der Waals surface area contributed by atoms with Crippen LogP contribution in [-0.2, 0) is 4.79 Å². The lowest BCUT2D eigenvalue weighted by Gasteiger charge is -2.15. The van der Waals surface area contributed by atoms with Crippen LogP contribution < -0.4 is 0 Å². The van der Waals surface area contributed by atoms with Crippen LogP contribution in [0.5, 0.6) is 0 Å². The molecule has 0 amide bonds. The minimum absolute atomic E-state index is 0.222. The summed E-state index contributed by atoms with van der Waals surface area (Å²) in [5, 5.41) is 0. The summed E-state index contributed by atoms with van der Waals surface area (Å²) >= 11 is 0. The normalized spacial score (nSPS) is 18.1. The molecule has 0 rings (SSSR count). The molecule has 0 bridgehead atoms. The second kappa shape index (κ2) is 2.25. The molecule has 2 heteroatoms. The molecule has 0 saturated heterocycles. The van der Waals surface area contributed by atoms with E-state index < -0.39 is 5.67 Å². The zero-order chi connectivity index (χ0) is 6.78. The van der Waals surface area contributed by atoms with Crippen LogP contribution in [0.4, 0.5) is 4.39 Å². The van der Waals surface area contributed by atoms with Gasteiger partial charge in [-0.05, 0) is 12.8 Å². The maximum absolute atomic E-state index is 12.6. The van der Waals surface area contributed by atoms with Crippen LogP contribution in [0.25, 0.3) is 0 Å². The molecule has 0 aromatic carbocycles. The molecular weight excluding hydrogens is 107 g/mol. The maximum atomic E-state index is 12.6. The number of hydrogen-bond acceptors (Lipinski definition) is 1. The van der Waals surface area contributed by atoms with Crippen LogP contribution in [0.2, 0.25) is 0 Å². The Labute approximate surface area is 48.9 Å². The van der Waals surface area contributed by atoms with Gasteiger partial charge in [0.25, 0.3) is 0 Å². The summed E-state index contributed by atoms with van der Waals surface area (Å²) < 4.78 is 12.6. The van der Waals surface area contributed by atoms with E-state index in [2.05, 4.69) is 0 Å². The zero-order valence-corrected chi connectivity index (χ0v) is 5.44. The molecular formula is C6H11FO. The van der Waals surface area contributed by atoms with Gasteiger partial charge in [-0.25, -0.2) is 4.39 Å². The van der Waals surface area contributed by atoms with Crippen molar-refractivity contribution in [2.45, 2.75) is 26.4 Å². The number of rotatable bonds is 2. The highest BCUT2D eigenvalue weighted by Gasteiger charge is 2.25. The predicted molar refractivity (Wildman–Crippen MR) is 30.4 cm³/mol. The zero-order valence-electron chi connectivity index (χ0n) is 5.44. The van der Waals surface area contributed by atoms with Crippen LogP contribution in [0.3, 0.4) is 0 Å². The fourth-order valence-electron chi connectivity index (χ4n) is 0.136. The Bertz CT molecular complexity index is 86.5. The van der Waals surface area contributed by atoms with Crippen LogP contribution in [0, 0.1) is 5.92 Å². The highest BCUT2D eigenvalue weighted by molar-refractivity contribution is 5.61. The maximum Gasteiger partial charge on any atom is 0.165 e. The molecule has 1 nitrogen and oxygen atoms in total. The number of halogens is 1. The van der Waals surface area contributed by atoms with Gasteiger partial charge in [0, 0.05) is 0 Å². The van der Waals surface area contributed by atoms with Crippen molar-refractivity contribution in [3.8, 4) is 0 Å². The van der Waals surface area contributed by atoms with Crippen molar-refractivity contribution in [2.75, 3.05) is 0 Å². The van der Waals surface area contributed by atoms with Crippen molar-refractivity contribution in [2.24, 2.45) is 5.92 Å². The molecule has 0 aromatic rings. The van der Waals surface area contributed by atoms with E-state index >= 15 is 0 Å². The Hall–Kier alpha value is -0.400. The summed E-state index contributed by atoms with van der Waals surface area (Å²) in [5.41, 5.74) is -1.64. The van der Waals surface area contributed by atoms with E-state index in [4.69, 9.17) is 0 Å². The summed E-state index contributed by atoms with van der Waals surface area (Å²) in [7, 11) is 0. The molecule has 1 unspecified atom stereocenters. The van der Waals surface area contributed by atoms with E-state index in [1.54, 1.807) is 13.8 Å². The fraction of sp³-hybridized carbons (Fsp3) is 0.833. The molecule has 48 valence electrons. The van der Waals surface area contributed by atoms with E-state index in [-0.39, 0.29) is 5.92 Å². The molecule has 0 aliphatic carbocycles. The Morgan fingerprint density at radius 1 is 1.62 bits per heavy atom. The van der Waals surface area contributed by atoms with Gasteiger partial charge in [-0.2, -0.15) is 0 Å². The monoisotopic (exact) mass is 118 g/mol. The quantitative estimate of drug-likeness (QED) is 0.503. The molecule has 0 aliphatic heterocycles. The number of carbonyl (C=O) groups is 1. The third kappa shape index (κ3) is 1.60.